The fourth-order valence-corrected chi connectivity index (χ4v) is 3.71. The van der Waals surface area contributed by atoms with Crippen LogP contribution < -0.4 is 26.6 Å². The lowest BCUT2D eigenvalue weighted by Gasteiger charge is -2.36. The van der Waals surface area contributed by atoms with E-state index in [4.69, 9.17) is 5.73 Å². The summed E-state index contributed by atoms with van der Waals surface area (Å²) in [6.45, 7) is 3.98. The van der Waals surface area contributed by atoms with E-state index in [1.54, 1.807) is 0 Å². The van der Waals surface area contributed by atoms with Crippen LogP contribution in [0.4, 0.5) is 15.4 Å². The van der Waals surface area contributed by atoms with Crippen molar-refractivity contribution in [1.29, 1.82) is 0 Å². The summed E-state index contributed by atoms with van der Waals surface area (Å²) in [5.74, 6) is 0.998. The minimum absolute atomic E-state index is 0.00215. The van der Waals surface area contributed by atoms with E-state index in [9.17, 15) is 9.59 Å². The number of carbonyl (C=O) groups excluding carboxylic acids is 2. The molecule has 2 fully saturated rings. The highest BCUT2D eigenvalue weighted by Crippen LogP contribution is 2.18. The molecule has 28 heavy (non-hydrogen) atoms. The molecule has 0 bridgehead atoms. The van der Waals surface area contributed by atoms with E-state index in [2.05, 4.69) is 25.8 Å². The van der Waals surface area contributed by atoms with Crippen molar-refractivity contribution in [1.82, 2.24) is 25.8 Å². The monoisotopic (exact) mass is 389 g/mol. The lowest BCUT2D eigenvalue weighted by atomic mass is 10.0. The minimum Gasteiger partial charge on any atom is -0.356 e. The Morgan fingerprint density at radius 1 is 1.04 bits per heavy atom. The van der Waals surface area contributed by atoms with Gasteiger partial charge < -0.3 is 31.5 Å². The van der Waals surface area contributed by atoms with Crippen molar-refractivity contribution in [3.05, 3.63) is 24.4 Å². The van der Waals surface area contributed by atoms with Gasteiger partial charge in [-0.2, -0.15) is 0 Å². The van der Waals surface area contributed by atoms with Crippen LogP contribution in [0.25, 0.3) is 0 Å². The Morgan fingerprint density at radius 2 is 1.71 bits per heavy atom. The topological polar surface area (TPSA) is 116 Å². The number of anilines is 1. The summed E-state index contributed by atoms with van der Waals surface area (Å²) in [5, 5.41) is 8.82. The Morgan fingerprint density at radius 3 is 2.36 bits per heavy atom. The molecule has 154 valence electrons. The average molecular weight is 390 g/mol. The molecule has 2 aliphatic heterocycles. The molecule has 5 N–H and O–H groups in total. The van der Waals surface area contributed by atoms with Crippen LogP contribution >= 0.6 is 0 Å². The number of nitrogens with two attached hydrogens (primary N) is 1. The number of hydrogen-bond acceptors (Lipinski definition) is 5. The number of carbonyl (C=O) groups is 2. The number of nitrogens with zero attached hydrogens (tertiary/aromatic N) is 3. The number of amides is 4. The number of likely N-dealkylation sites (tertiary alicyclic amines) is 1. The average Bonchev–Trinajstić information content (AvgIpc) is 2.74. The third-order valence-corrected chi connectivity index (χ3v) is 5.34. The lowest BCUT2D eigenvalue weighted by Crippen LogP contribution is -2.54. The van der Waals surface area contributed by atoms with Crippen LogP contribution in [0, 0.1) is 0 Å². The van der Waals surface area contributed by atoms with Crippen molar-refractivity contribution in [3.63, 3.8) is 0 Å². The van der Waals surface area contributed by atoms with Crippen molar-refractivity contribution in [2.24, 2.45) is 5.73 Å². The highest BCUT2D eigenvalue weighted by molar-refractivity contribution is 5.75. The molecule has 0 aromatic carbocycles. The Bertz CT molecular complexity index is 626. The second-order valence-electron chi connectivity index (χ2n) is 7.35. The number of pyridine rings is 1. The summed E-state index contributed by atoms with van der Waals surface area (Å²) >= 11 is 0. The zero-order chi connectivity index (χ0) is 19.8. The highest BCUT2D eigenvalue weighted by atomic mass is 16.2. The van der Waals surface area contributed by atoms with Crippen LogP contribution in [-0.4, -0.2) is 73.3 Å². The smallest absolute Gasteiger partial charge is 0.317 e. The molecule has 0 atom stereocenters. The summed E-state index contributed by atoms with van der Waals surface area (Å²) in [4.78, 5) is 32.8. The molecule has 1 aromatic rings. The first-order valence-corrected chi connectivity index (χ1v) is 10.1. The summed E-state index contributed by atoms with van der Waals surface area (Å²) < 4.78 is 0. The van der Waals surface area contributed by atoms with Gasteiger partial charge in [-0.05, 0) is 37.8 Å². The zero-order valence-corrected chi connectivity index (χ0v) is 16.3. The van der Waals surface area contributed by atoms with Gasteiger partial charge >= 0.3 is 12.1 Å². The van der Waals surface area contributed by atoms with Gasteiger partial charge in [0.2, 0.25) is 0 Å². The molecule has 0 radical (unpaired) electrons. The maximum atomic E-state index is 12.6. The summed E-state index contributed by atoms with van der Waals surface area (Å²) in [7, 11) is 0. The standard InChI is InChI=1S/C19H31N7O2/c20-8-10-22-18(27)23-15-6-13-26(14-7-15)19(28)24-16-4-11-25(12-5-16)17-3-1-2-9-21-17/h1-3,9,15-16H,4-8,10-14,20H2,(H,24,28)(H2,22,23,27). The summed E-state index contributed by atoms with van der Waals surface area (Å²) in [6, 6.07) is 6.05. The SMILES string of the molecule is NCCNC(=O)NC1CCN(C(=O)NC2CCN(c3ccccn3)CC2)CC1. The molecule has 0 unspecified atom stereocenters. The van der Waals surface area contributed by atoms with E-state index in [1.165, 1.54) is 0 Å². The van der Waals surface area contributed by atoms with E-state index in [0.29, 0.717) is 26.2 Å². The van der Waals surface area contributed by atoms with E-state index in [0.717, 1.165) is 44.6 Å². The van der Waals surface area contributed by atoms with E-state index >= 15 is 0 Å². The Hall–Kier alpha value is -2.55. The Labute approximate surface area is 166 Å². The van der Waals surface area contributed by atoms with Crippen LogP contribution in [0.5, 0.6) is 0 Å². The lowest BCUT2D eigenvalue weighted by molar-refractivity contribution is 0.171. The van der Waals surface area contributed by atoms with Gasteiger partial charge in [-0.3, -0.25) is 0 Å². The van der Waals surface area contributed by atoms with E-state index in [-0.39, 0.29) is 24.1 Å². The molecular formula is C19H31N7O2. The van der Waals surface area contributed by atoms with Gasteiger partial charge in [0, 0.05) is 57.5 Å². The molecule has 3 rings (SSSR count). The molecule has 3 heterocycles. The van der Waals surface area contributed by atoms with Crippen molar-refractivity contribution in [2.45, 2.75) is 37.8 Å². The van der Waals surface area contributed by atoms with Gasteiger partial charge in [0.1, 0.15) is 5.82 Å². The summed E-state index contributed by atoms with van der Waals surface area (Å²) in [5.41, 5.74) is 5.38. The maximum absolute atomic E-state index is 12.6. The summed E-state index contributed by atoms with van der Waals surface area (Å²) in [6.07, 6.45) is 5.18. The van der Waals surface area contributed by atoms with Gasteiger partial charge in [-0.15, -0.1) is 0 Å². The van der Waals surface area contributed by atoms with Crippen LogP contribution in [0.3, 0.4) is 0 Å². The molecule has 0 saturated carbocycles. The van der Waals surface area contributed by atoms with Crippen LogP contribution in [0.2, 0.25) is 0 Å². The predicted molar refractivity (Wildman–Crippen MR) is 108 cm³/mol. The van der Waals surface area contributed by atoms with Crippen molar-refractivity contribution in [3.8, 4) is 0 Å². The Kier molecular flexibility index (Phi) is 7.30. The first-order chi connectivity index (χ1) is 13.7. The van der Waals surface area contributed by atoms with Crippen molar-refractivity contribution < 1.29 is 9.59 Å². The maximum Gasteiger partial charge on any atom is 0.317 e. The van der Waals surface area contributed by atoms with Crippen LogP contribution in [0.15, 0.2) is 24.4 Å². The van der Waals surface area contributed by atoms with Crippen molar-refractivity contribution in [2.75, 3.05) is 44.2 Å². The molecule has 1 aromatic heterocycles. The van der Waals surface area contributed by atoms with Crippen molar-refractivity contribution >= 4 is 17.9 Å². The molecule has 0 spiro atoms. The predicted octanol–water partition coefficient (Wildman–Crippen LogP) is 0.482. The van der Waals surface area contributed by atoms with Crippen LogP contribution in [0.1, 0.15) is 25.7 Å². The third kappa shape index (κ3) is 5.72. The first-order valence-electron chi connectivity index (χ1n) is 10.1. The molecule has 9 nitrogen and oxygen atoms in total. The number of rotatable bonds is 5. The Balaban J connectivity index is 1.35. The fraction of sp³-hybridized carbons (Fsp3) is 0.632. The van der Waals surface area contributed by atoms with Gasteiger partial charge in [0.15, 0.2) is 0 Å². The van der Waals surface area contributed by atoms with Gasteiger partial charge in [0.05, 0.1) is 0 Å². The molecule has 9 heteroatoms. The number of piperidine rings is 2. The first kappa shape index (κ1) is 20.2. The van der Waals surface area contributed by atoms with Gasteiger partial charge in [-0.25, -0.2) is 14.6 Å². The fourth-order valence-electron chi connectivity index (χ4n) is 3.71. The highest BCUT2D eigenvalue weighted by Gasteiger charge is 2.27. The normalized spacial score (nSPS) is 18.6. The quantitative estimate of drug-likeness (QED) is 0.585. The molecule has 4 amide bonds. The van der Waals surface area contributed by atoms with E-state index < -0.39 is 0 Å². The van der Waals surface area contributed by atoms with Gasteiger partial charge in [0.25, 0.3) is 0 Å². The minimum atomic E-state index is -0.187. The number of hydrogen-bond donors (Lipinski definition) is 4. The molecule has 2 saturated heterocycles. The van der Waals surface area contributed by atoms with Gasteiger partial charge in [-0.1, -0.05) is 6.07 Å². The number of urea groups is 2. The zero-order valence-electron chi connectivity index (χ0n) is 16.3. The second kappa shape index (κ2) is 10.1. The third-order valence-electron chi connectivity index (χ3n) is 5.34. The molecular weight excluding hydrogens is 358 g/mol. The molecule has 2 aliphatic rings. The largest absolute Gasteiger partial charge is 0.356 e. The molecule has 0 aliphatic carbocycles. The number of aromatic nitrogens is 1. The number of nitrogens with one attached hydrogen (secondary N) is 3. The van der Waals surface area contributed by atoms with E-state index in [1.807, 2.05) is 29.3 Å². The van der Waals surface area contributed by atoms with Crippen LogP contribution in [-0.2, 0) is 0 Å². The second-order valence-corrected chi connectivity index (χ2v) is 7.35.